The third-order valence-corrected chi connectivity index (χ3v) is 9.74. The van der Waals surface area contributed by atoms with Gasteiger partial charge < -0.3 is 9.47 Å². The Balaban J connectivity index is 1.70. The molecule has 0 aromatic heterocycles. The first kappa shape index (κ1) is 37.0. The number of ether oxygens (including phenoxy) is 2. The highest BCUT2D eigenvalue weighted by molar-refractivity contribution is 4.93. The minimum Gasteiger partial charge on any atom is -0.381 e. The molecule has 2 aliphatic heterocycles. The van der Waals surface area contributed by atoms with Crippen LogP contribution >= 0.6 is 0 Å². The predicted octanol–water partition coefficient (Wildman–Crippen LogP) is 10.4. The molecule has 2 saturated heterocycles. The topological polar surface area (TPSA) is 24.9 Å². The minimum atomic E-state index is 0.0334. The van der Waals surface area contributed by atoms with Gasteiger partial charge in [0, 0.05) is 18.6 Å². The van der Waals surface area contributed by atoms with E-state index in [1.54, 1.807) is 0 Å². The van der Waals surface area contributed by atoms with Crippen molar-refractivity contribution >= 4 is 0 Å². The number of hydrogen-bond donors (Lipinski definition) is 0. The van der Waals surface area contributed by atoms with Crippen LogP contribution in [-0.4, -0.2) is 68.6 Å². The molecule has 0 saturated carbocycles. The molecule has 0 radical (unpaired) electrons. The van der Waals surface area contributed by atoms with Gasteiger partial charge in [0.25, 0.3) is 0 Å². The summed E-state index contributed by atoms with van der Waals surface area (Å²) in [6.45, 7) is 15.6. The smallest absolute Gasteiger partial charge is 0.0722 e. The third kappa shape index (κ3) is 17.1. The second-order valence-corrected chi connectivity index (χ2v) is 14.0. The van der Waals surface area contributed by atoms with Crippen molar-refractivity contribution in [1.82, 2.24) is 9.80 Å². The maximum absolute atomic E-state index is 6.50. The van der Waals surface area contributed by atoms with Gasteiger partial charge in [0.2, 0.25) is 0 Å². The van der Waals surface area contributed by atoms with Gasteiger partial charge in [-0.25, -0.2) is 0 Å². The molecule has 2 aliphatic rings. The summed E-state index contributed by atoms with van der Waals surface area (Å²) in [6, 6.07) is 0. The lowest BCUT2D eigenvalue weighted by molar-refractivity contribution is -0.106. The molecule has 0 unspecified atom stereocenters. The lowest BCUT2D eigenvalue weighted by atomic mass is 9.86. The molecule has 0 spiro atoms. The zero-order chi connectivity index (χ0) is 29.3. The molecule has 0 aromatic carbocycles. The van der Waals surface area contributed by atoms with Gasteiger partial charge in [0.05, 0.1) is 19.4 Å². The van der Waals surface area contributed by atoms with Crippen LogP contribution in [0.15, 0.2) is 0 Å². The lowest BCUT2D eigenvalue weighted by Gasteiger charge is -2.47. The minimum absolute atomic E-state index is 0.0334. The van der Waals surface area contributed by atoms with Crippen LogP contribution in [0.5, 0.6) is 0 Å². The van der Waals surface area contributed by atoms with Crippen molar-refractivity contribution in [3.63, 3.8) is 0 Å². The highest BCUT2D eigenvalue weighted by atomic mass is 16.5. The van der Waals surface area contributed by atoms with Gasteiger partial charge >= 0.3 is 0 Å². The standard InChI is InChI=1S/C37H74N2O2/c1-4-6-8-10-12-14-16-18-20-26-32-40-34-37(3,36(38-28-22-23-29-38)39-30-24-25-31-39)35-41-33-27-21-19-17-15-13-11-9-7-5-2/h36H,4-35H2,1-3H3. The molecule has 2 fully saturated rings. The van der Waals surface area contributed by atoms with Crippen LogP contribution in [0.1, 0.15) is 175 Å². The Kier molecular flexibility index (Phi) is 22.8. The van der Waals surface area contributed by atoms with Crippen molar-refractivity contribution in [2.45, 2.75) is 181 Å². The van der Waals surface area contributed by atoms with Gasteiger partial charge in [-0.1, -0.05) is 136 Å². The largest absolute Gasteiger partial charge is 0.381 e. The Bertz CT molecular complexity index is 515. The highest BCUT2D eigenvalue weighted by Crippen LogP contribution is 2.34. The van der Waals surface area contributed by atoms with E-state index in [2.05, 4.69) is 30.6 Å². The van der Waals surface area contributed by atoms with Gasteiger partial charge in [0.1, 0.15) is 0 Å². The molecular weight excluding hydrogens is 504 g/mol. The molecule has 2 rings (SSSR count). The van der Waals surface area contributed by atoms with Crippen molar-refractivity contribution in [2.24, 2.45) is 5.41 Å². The Hall–Kier alpha value is -0.160. The first-order chi connectivity index (χ1) is 20.2. The van der Waals surface area contributed by atoms with E-state index >= 15 is 0 Å². The molecule has 0 atom stereocenters. The fourth-order valence-corrected chi connectivity index (χ4v) is 7.27. The summed E-state index contributed by atoms with van der Waals surface area (Å²) < 4.78 is 13.0. The fraction of sp³-hybridized carbons (Fsp3) is 1.00. The maximum Gasteiger partial charge on any atom is 0.0722 e. The Morgan fingerprint density at radius 2 is 0.756 bits per heavy atom. The summed E-state index contributed by atoms with van der Waals surface area (Å²) in [5.41, 5.74) is 0.0334. The average Bonchev–Trinajstić information content (AvgIpc) is 3.70. The highest BCUT2D eigenvalue weighted by Gasteiger charge is 2.43. The lowest BCUT2D eigenvalue weighted by Crippen LogP contribution is -2.58. The van der Waals surface area contributed by atoms with E-state index in [0.29, 0.717) is 6.17 Å². The summed E-state index contributed by atoms with van der Waals surface area (Å²) in [5.74, 6) is 0. The summed E-state index contributed by atoms with van der Waals surface area (Å²) in [5, 5.41) is 0. The van der Waals surface area contributed by atoms with Gasteiger partial charge in [0.15, 0.2) is 0 Å². The molecule has 41 heavy (non-hydrogen) atoms. The van der Waals surface area contributed by atoms with E-state index in [1.807, 2.05) is 0 Å². The summed E-state index contributed by atoms with van der Waals surface area (Å²) in [6.07, 6.45) is 33.5. The van der Waals surface area contributed by atoms with E-state index < -0.39 is 0 Å². The van der Waals surface area contributed by atoms with Crippen molar-refractivity contribution in [1.29, 1.82) is 0 Å². The van der Waals surface area contributed by atoms with Gasteiger partial charge in [-0.15, -0.1) is 0 Å². The maximum atomic E-state index is 6.50. The molecule has 4 nitrogen and oxygen atoms in total. The molecular formula is C37H74N2O2. The number of nitrogens with zero attached hydrogens (tertiary/aromatic N) is 2. The number of hydrogen-bond acceptors (Lipinski definition) is 4. The summed E-state index contributed by atoms with van der Waals surface area (Å²) in [4.78, 5) is 5.55. The molecule has 0 N–H and O–H groups in total. The molecule has 0 aromatic rings. The fourth-order valence-electron chi connectivity index (χ4n) is 7.27. The SMILES string of the molecule is CCCCCCCCCCCCOCC(C)(COCCCCCCCCCCCC)C(N1CCCC1)N1CCCC1. The number of unbranched alkanes of at least 4 members (excludes halogenated alkanes) is 18. The van der Waals surface area contributed by atoms with Crippen LogP contribution in [0.3, 0.4) is 0 Å². The molecule has 0 aliphatic carbocycles. The first-order valence-electron chi connectivity index (χ1n) is 18.8. The van der Waals surface area contributed by atoms with Crippen molar-refractivity contribution in [3.8, 4) is 0 Å². The van der Waals surface area contributed by atoms with Crippen molar-refractivity contribution < 1.29 is 9.47 Å². The molecule has 0 amide bonds. The molecule has 2 heterocycles. The van der Waals surface area contributed by atoms with Gasteiger partial charge in [-0.05, 0) is 64.7 Å². The Labute approximate surface area is 258 Å². The van der Waals surface area contributed by atoms with E-state index in [4.69, 9.17) is 9.47 Å². The van der Waals surface area contributed by atoms with Crippen molar-refractivity contribution in [3.05, 3.63) is 0 Å². The van der Waals surface area contributed by atoms with Gasteiger partial charge in [-0.2, -0.15) is 0 Å². The third-order valence-electron chi connectivity index (χ3n) is 9.74. The van der Waals surface area contributed by atoms with Crippen molar-refractivity contribution in [2.75, 3.05) is 52.6 Å². The first-order valence-corrected chi connectivity index (χ1v) is 18.8. The summed E-state index contributed by atoms with van der Waals surface area (Å²) >= 11 is 0. The second-order valence-electron chi connectivity index (χ2n) is 14.0. The quantitative estimate of drug-likeness (QED) is 0.0824. The monoisotopic (exact) mass is 579 g/mol. The van der Waals surface area contributed by atoms with Crippen LogP contribution in [0, 0.1) is 5.41 Å². The molecule has 244 valence electrons. The molecule has 0 bridgehead atoms. The number of rotatable bonds is 29. The van der Waals surface area contributed by atoms with E-state index in [0.717, 1.165) is 26.4 Å². The summed E-state index contributed by atoms with van der Waals surface area (Å²) in [7, 11) is 0. The van der Waals surface area contributed by atoms with E-state index in [9.17, 15) is 0 Å². The zero-order valence-corrected chi connectivity index (χ0v) is 28.4. The molecule has 4 heteroatoms. The van der Waals surface area contributed by atoms with Crippen LogP contribution in [0.4, 0.5) is 0 Å². The normalized spacial score (nSPS) is 17.0. The Morgan fingerprint density at radius 3 is 1.07 bits per heavy atom. The zero-order valence-electron chi connectivity index (χ0n) is 28.4. The number of likely N-dealkylation sites (tertiary alicyclic amines) is 2. The van der Waals surface area contributed by atoms with Gasteiger partial charge in [-0.3, -0.25) is 9.80 Å². The predicted molar refractivity (Wildman–Crippen MR) is 179 cm³/mol. The van der Waals surface area contributed by atoms with Crippen LogP contribution in [0.25, 0.3) is 0 Å². The van der Waals surface area contributed by atoms with Crippen LogP contribution < -0.4 is 0 Å². The van der Waals surface area contributed by atoms with E-state index in [1.165, 1.54) is 180 Å². The average molecular weight is 579 g/mol. The van der Waals surface area contributed by atoms with Crippen LogP contribution in [0.2, 0.25) is 0 Å². The van der Waals surface area contributed by atoms with E-state index in [-0.39, 0.29) is 5.41 Å². The Morgan fingerprint density at radius 1 is 0.463 bits per heavy atom. The second kappa shape index (κ2) is 25.2. The van der Waals surface area contributed by atoms with Crippen LogP contribution in [-0.2, 0) is 9.47 Å².